The predicted octanol–water partition coefficient (Wildman–Crippen LogP) is 3.92. The standard InChI is InChI=1S/C21H36N6O3/c1-8-11-16-24-17-18(14(2)15(3)23-19(17)22)25(16)12-9-10-13-26(30-7)27(20(28)29)21(4,5)6/h8-13H2,1-7H3,(H2,22,23)(H,28,29). The molecule has 0 saturated heterocycles. The van der Waals surface area contributed by atoms with Gasteiger partial charge in [-0.1, -0.05) is 12.1 Å². The quantitative estimate of drug-likeness (QED) is 0.467. The van der Waals surface area contributed by atoms with E-state index in [1.807, 2.05) is 27.7 Å². The fourth-order valence-corrected chi connectivity index (χ4v) is 3.71. The predicted molar refractivity (Wildman–Crippen MR) is 118 cm³/mol. The number of unbranched alkanes of at least 4 members (excludes halogenated alkanes) is 1. The van der Waals surface area contributed by atoms with Crippen molar-refractivity contribution in [2.45, 2.75) is 79.3 Å². The van der Waals surface area contributed by atoms with E-state index in [4.69, 9.17) is 15.6 Å². The van der Waals surface area contributed by atoms with Crippen LogP contribution in [0.3, 0.4) is 0 Å². The first-order chi connectivity index (χ1) is 14.0. The van der Waals surface area contributed by atoms with Gasteiger partial charge in [-0.05, 0) is 59.4 Å². The minimum Gasteiger partial charge on any atom is -0.464 e. The normalized spacial score (nSPS) is 12.1. The first-order valence-electron chi connectivity index (χ1n) is 10.5. The first kappa shape index (κ1) is 23.9. The number of carboxylic acid groups (broad SMARTS) is 1. The lowest BCUT2D eigenvalue weighted by Gasteiger charge is -2.39. The van der Waals surface area contributed by atoms with Gasteiger partial charge in [0, 0.05) is 25.2 Å². The van der Waals surface area contributed by atoms with Crippen molar-refractivity contribution in [1.29, 1.82) is 0 Å². The number of hydrazine groups is 1. The molecule has 0 spiro atoms. The summed E-state index contributed by atoms with van der Waals surface area (Å²) in [7, 11) is 1.49. The molecule has 0 aliphatic rings. The second kappa shape index (κ2) is 9.61. The second-order valence-electron chi connectivity index (χ2n) is 8.56. The topological polar surface area (TPSA) is 110 Å². The van der Waals surface area contributed by atoms with Crippen LogP contribution in [0.5, 0.6) is 0 Å². The molecule has 2 rings (SSSR count). The number of nitrogens with two attached hydrogens (primary N) is 1. The Morgan fingerprint density at radius 3 is 2.43 bits per heavy atom. The van der Waals surface area contributed by atoms with E-state index in [1.165, 1.54) is 17.3 Å². The molecule has 0 fully saturated rings. The van der Waals surface area contributed by atoms with Crippen LogP contribution in [0, 0.1) is 13.8 Å². The second-order valence-corrected chi connectivity index (χ2v) is 8.56. The molecule has 0 unspecified atom stereocenters. The van der Waals surface area contributed by atoms with Crippen molar-refractivity contribution in [2.75, 3.05) is 19.4 Å². The molecule has 0 saturated carbocycles. The maximum Gasteiger partial charge on any atom is 0.424 e. The van der Waals surface area contributed by atoms with E-state index in [9.17, 15) is 9.90 Å². The minimum absolute atomic E-state index is 0.469. The molecule has 3 N–H and O–H groups in total. The molecule has 0 atom stereocenters. The third-order valence-electron chi connectivity index (χ3n) is 5.18. The molecule has 0 radical (unpaired) electrons. The number of pyridine rings is 1. The van der Waals surface area contributed by atoms with Crippen LogP contribution in [0.15, 0.2) is 0 Å². The average molecular weight is 421 g/mol. The Labute approximate surface area is 178 Å². The van der Waals surface area contributed by atoms with Gasteiger partial charge in [0.25, 0.3) is 0 Å². The number of anilines is 1. The summed E-state index contributed by atoms with van der Waals surface area (Å²) in [5.41, 5.74) is 9.37. The number of hydroxylamine groups is 1. The summed E-state index contributed by atoms with van der Waals surface area (Å²) in [6.45, 7) is 12.9. The van der Waals surface area contributed by atoms with Crippen molar-refractivity contribution in [1.82, 2.24) is 24.7 Å². The van der Waals surface area contributed by atoms with Crippen LogP contribution in [0.2, 0.25) is 0 Å². The summed E-state index contributed by atoms with van der Waals surface area (Å²) in [6.07, 6.45) is 2.43. The zero-order chi connectivity index (χ0) is 22.6. The number of nitrogens with zero attached hydrogens (tertiary/aromatic N) is 5. The fraction of sp³-hybridized carbons (Fsp3) is 0.667. The summed E-state index contributed by atoms with van der Waals surface area (Å²) in [4.78, 5) is 26.3. The zero-order valence-electron chi connectivity index (χ0n) is 19.3. The highest BCUT2D eigenvalue weighted by Crippen LogP contribution is 2.27. The van der Waals surface area contributed by atoms with Gasteiger partial charge in [-0.15, -0.1) is 0 Å². The van der Waals surface area contributed by atoms with E-state index in [2.05, 4.69) is 23.4 Å². The number of nitrogen functional groups attached to an aromatic ring is 1. The van der Waals surface area contributed by atoms with Crippen molar-refractivity contribution in [3.05, 3.63) is 17.1 Å². The lowest BCUT2D eigenvalue weighted by Crippen LogP contribution is -2.55. The summed E-state index contributed by atoms with van der Waals surface area (Å²) in [6, 6.07) is 0. The highest BCUT2D eigenvalue weighted by molar-refractivity contribution is 5.88. The molecule has 30 heavy (non-hydrogen) atoms. The van der Waals surface area contributed by atoms with Gasteiger partial charge in [-0.25, -0.2) is 19.8 Å². The molecule has 168 valence electrons. The lowest BCUT2D eigenvalue weighted by atomic mass is 10.1. The smallest absolute Gasteiger partial charge is 0.424 e. The third-order valence-corrected chi connectivity index (χ3v) is 5.18. The van der Waals surface area contributed by atoms with Crippen LogP contribution in [0.25, 0.3) is 11.0 Å². The van der Waals surface area contributed by atoms with Gasteiger partial charge >= 0.3 is 6.09 Å². The van der Waals surface area contributed by atoms with E-state index < -0.39 is 11.6 Å². The van der Waals surface area contributed by atoms with E-state index in [1.54, 1.807) is 0 Å². The Morgan fingerprint density at radius 1 is 1.23 bits per heavy atom. The van der Waals surface area contributed by atoms with Crippen LogP contribution in [0.4, 0.5) is 10.6 Å². The summed E-state index contributed by atoms with van der Waals surface area (Å²) in [5, 5.41) is 12.2. The molecular formula is C21H36N6O3. The molecule has 0 bridgehead atoms. The first-order valence-corrected chi connectivity index (χ1v) is 10.5. The minimum atomic E-state index is -1.04. The number of fused-ring (bicyclic) bond motifs is 1. The highest BCUT2D eigenvalue weighted by atomic mass is 16.7. The fourth-order valence-electron chi connectivity index (χ4n) is 3.71. The highest BCUT2D eigenvalue weighted by Gasteiger charge is 2.32. The van der Waals surface area contributed by atoms with Gasteiger partial charge in [-0.3, -0.25) is 4.84 Å². The molecule has 2 aromatic heterocycles. The van der Waals surface area contributed by atoms with Crippen molar-refractivity contribution >= 4 is 22.9 Å². The van der Waals surface area contributed by atoms with Gasteiger partial charge in [-0.2, -0.15) is 0 Å². The molecule has 1 amide bonds. The molecule has 2 aromatic rings. The van der Waals surface area contributed by atoms with Crippen molar-refractivity contribution in [3.8, 4) is 0 Å². The van der Waals surface area contributed by atoms with E-state index in [0.29, 0.717) is 12.4 Å². The Hall–Kier alpha value is -2.39. The van der Waals surface area contributed by atoms with Crippen molar-refractivity contribution < 1.29 is 14.7 Å². The number of aromatic nitrogens is 3. The SMILES string of the molecule is CCCc1nc2c(N)nc(C)c(C)c2n1CCCCN(OC)N(C(=O)O)C(C)(C)C. The van der Waals surface area contributed by atoms with E-state index >= 15 is 0 Å². The number of rotatable bonds is 9. The Balaban J connectivity index is 2.19. The van der Waals surface area contributed by atoms with Crippen LogP contribution in [-0.2, 0) is 17.8 Å². The molecule has 9 heteroatoms. The van der Waals surface area contributed by atoms with E-state index in [0.717, 1.165) is 60.3 Å². The number of carbonyl (C=O) groups is 1. The molecule has 2 heterocycles. The van der Waals surface area contributed by atoms with E-state index in [-0.39, 0.29) is 0 Å². The molecular weight excluding hydrogens is 384 g/mol. The molecule has 0 aromatic carbocycles. The molecule has 9 nitrogen and oxygen atoms in total. The maximum atomic E-state index is 11.7. The number of imidazole rings is 1. The number of aryl methyl sites for hydroxylation is 4. The van der Waals surface area contributed by atoms with Gasteiger partial charge < -0.3 is 15.4 Å². The van der Waals surface area contributed by atoms with Crippen molar-refractivity contribution in [2.24, 2.45) is 0 Å². The van der Waals surface area contributed by atoms with Crippen LogP contribution in [-0.4, -0.2) is 55.1 Å². The van der Waals surface area contributed by atoms with Crippen molar-refractivity contribution in [3.63, 3.8) is 0 Å². The Morgan fingerprint density at radius 2 is 1.90 bits per heavy atom. The molecule has 0 aliphatic heterocycles. The third kappa shape index (κ3) is 5.02. The average Bonchev–Trinajstić information content (AvgIpc) is 3.00. The maximum absolute atomic E-state index is 11.7. The molecule has 0 aliphatic carbocycles. The number of amides is 1. The van der Waals surface area contributed by atoms with Gasteiger partial charge in [0.2, 0.25) is 0 Å². The van der Waals surface area contributed by atoms with Crippen LogP contribution in [0.1, 0.15) is 64.0 Å². The Bertz CT molecular complexity index is 887. The number of hydrogen-bond donors (Lipinski definition) is 2. The number of hydrogen-bond acceptors (Lipinski definition) is 6. The van der Waals surface area contributed by atoms with Gasteiger partial charge in [0.15, 0.2) is 5.82 Å². The summed E-state index contributed by atoms with van der Waals surface area (Å²) in [5.74, 6) is 1.48. The lowest BCUT2D eigenvalue weighted by molar-refractivity contribution is -0.274. The summed E-state index contributed by atoms with van der Waals surface area (Å²) >= 11 is 0. The Kier molecular flexibility index (Phi) is 7.65. The monoisotopic (exact) mass is 420 g/mol. The van der Waals surface area contributed by atoms with Crippen LogP contribution >= 0.6 is 0 Å². The van der Waals surface area contributed by atoms with Crippen LogP contribution < -0.4 is 5.73 Å². The van der Waals surface area contributed by atoms with Gasteiger partial charge in [0.1, 0.15) is 11.3 Å². The van der Waals surface area contributed by atoms with Gasteiger partial charge in [0.05, 0.1) is 18.2 Å². The zero-order valence-corrected chi connectivity index (χ0v) is 19.3. The largest absolute Gasteiger partial charge is 0.464 e. The summed E-state index contributed by atoms with van der Waals surface area (Å²) < 4.78 is 2.25.